The molecule has 0 spiro atoms. The molecular formula is C27H34FNO. The summed E-state index contributed by atoms with van der Waals surface area (Å²) in [6.45, 7) is 10.8. The third-order valence-electron chi connectivity index (χ3n) is 6.04. The molecule has 0 fully saturated rings. The second-order valence-corrected chi connectivity index (χ2v) is 9.07. The molecule has 0 saturated heterocycles. The van der Waals surface area contributed by atoms with E-state index in [9.17, 15) is 9.50 Å². The SMILES string of the molecule is Cc1ccc(CCC2=C(C(C)C)N(C)C(C(C)C)C(O)=C2c2ccc(F)cc2)cc1. The predicted molar refractivity (Wildman–Crippen MR) is 124 cm³/mol. The number of aliphatic hydroxyl groups is 1. The smallest absolute Gasteiger partial charge is 0.123 e. The standard InChI is InChI=1S/C27H34FNO/c1-17(2)25-23(16-11-20-9-7-19(5)8-10-20)24(21-12-14-22(28)15-13-21)27(30)26(18(3)4)29(25)6/h7-10,12-15,17-18,26,30H,11,16H2,1-6H3. The van der Waals surface area contributed by atoms with Crippen molar-refractivity contribution in [2.75, 3.05) is 7.05 Å². The molecular weight excluding hydrogens is 373 g/mol. The van der Waals surface area contributed by atoms with Gasteiger partial charge in [-0.05, 0) is 60.4 Å². The molecule has 1 aliphatic rings. The first kappa shape index (κ1) is 22.1. The van der Waals surface area contributed by atoms with Crippen LogP contribution >= 0.6 is 0 Å². The number of aliphatic hydroxyl groups excluding tert-OH is 1. The molecule has 2 nitrogen and oxygen atoms in total. The van der Waals surface area contributed by atoms with Gasteiger partial charge in [-0.2, -0.15) is 0 Å². The predicted octanol–water partition coefficient (Wildman–Crippen LogP) is 6.92. The Balaban J connectivity index is 2.12. The van der Waals surface area contributed by atoms with Gasteiger partial charge in [-0.3, -0.25) is 0 Å². The van der Waals surface area contributed by atoms with Crippen molar-refractivity contribution in [2.45, 2.75) is 53.5 Å². The first-order chi connectivity index (χ1) is 14.2. The average molecular weight is 408 g/mol. The molecule has 0 radical (unpaired) electrons. The Morgan fingerprint density at radius 3 is 2.07 bits per heavy atom. The van der Waals surface area contributed by atoms with Crippen molar-refractivity contribution in [1.29, 1.82) is 0 Å². The molecule has 1 heterocycles. The van der Waals surface area contributed by atoms with E-state index < -0.39 is 0 Å². The Bertz CT molecular complexity index is 936. The van der Waals surface area contributed by atoms with Crippen LogP contribution in [0.5, 0.6) is 0 Å². The van der Waals surface area contributed by atoms with E-state index in [1.165, 1.54) is 29.0 Å². The van der Waals surface area contributed by atoms with Gasteiger partial charge in [0, 0.05) is 18.3 Å². The van der Waals surface area contributed by atoms with E-state index in [-0.39, 0.29) is 17.8 Å². The maximum absolute atomic E-state index is 13.6. The van der Waals surface area contributed by atoms with E-state index in [1.54, 1.807) is 12.1 Å². The molecule has 2 aromatic carbocycles. The van der Waals surface area contributed by atoms with Crippen LogP contribution in [0, 0.1) is 24.6 Å². The molecule has 1 unspecified atom stereocenters. The molecule has 1 aliphatic heterocycles. The molecule has 160 valence electrons. The van der Waals surface area contributed by atoms with Crippen LogP contribution in [0.2, 0.25) is 0 Å². The minimum absolute atomic E-state index is 0.0921. The number of aryl methyl sites for hydroxylation is 2. The molecule has 0 bridgehead atoms. The highest BCUT2D eigenvalue weighted by atomic mass is 19.1. The Hall–Kier alpha value is -2.55. The zero-order chi connectivity index (χ0) is 22.0. The van der Waals surface area contributed by atoms with E-state index >= 15 is 0 Å². The summed E-state index contributed by atoms with van der Waals surface area (Å²) < 4.78 is 13.6. The number of allylic oxidation sites excluding steroid dienone is 3. The molecule has 1 N–H and O–H groups in total. The summed E-state index contributed by atoms with van der Waals surface area (Å²) in [5.41, 5.74) is 6.71. The summed E-state index contributed by atoms with van der Waals surface area (Å²) >= 11 is 0. The third-order valence-corrected chi connectivity index (χ3v) is 6.04. The number of benzene rings is 2. The lowest BCUT2D eigenvalue weighted by molar-refractivity contribution is 0.185. The first-order valence-corrected chi connectivity index (χ1v) is 10.9. The maximum atomic E-state index is 13.6. The number of nitrogens with zero attached hydrogens (tertiary/aromatic N) is 1. The van der Waals surface area contributed by atoms with Gasteiger partial charge < -0.3 is 10.0 Å². The van der Waals surface area contributed by atoms with Crippen molar-refractivity contribution in [1.82, 2.24) is 4.90 Å². The number of likely N-dealkylation sites (N-methyl/N-ethyl adjacent to an activating group) is 1. The van der Waals surface area contributed by atoms with Crippen LogP contribution in [0.25, 0.3) is 5.57 Å². The van der Waals surface area contributed by atoms with Gasteiger partial charge >= 0.3 is 0 Å². The molecule has 0 aromatic heterocycles. The number of hydrogen-bond acceptors (Lipinski definition) is 2. The topological polar surface area (TPSA) is 23.5 Å². The van der Waals surface area contributed by atoms with E-state index in [2.05, 4.69) is 70.8 Å². The lowest BCUT2D eigenvalue weighted by atomic mass is 9.81. The number of hydrogen-bond donors (Lipinski definition) is 1. The Morgan fingerprint density at radius 2 is 1.53 bits per heavy atom. The molecule has 0 amide bonds. The van der Waals surface area contributed by atoms with Crippen LogP contribution in [-0.2, 0) is 6.42 Å². The van der Waals surface area contributed by atoms with Crippen molar-refractivity contribution >= 4 is 5.57 Å². The van der Waals surface area contributed by atoms with Gasteiger partial charge in [-0.1, -0.05) is 69.7 Å². The highest BCUT2D eigenvalue weighted by molar-refractivity contribution is 5.83. The summed E-state index contributed by atoms with van der Waals surface area (Å²) in [5, 5.41) is 11.4. The summed E-state index contributed by atoms with van der Waals surface area (Å²) in [5.74, 6) is 0.689. The van der Waals surface area contributed by atoms with Gasteiger partial charge in [0.15, 0.2) is 0 Å². The molecule has 2 aromatic rings. The first-order valence-electron chi connectivity index (χ1n) is 10.9. The van der Waals surface area contributed by atoms with Crippen molar-refractivity contribution in [3.63, 3.8) is 0 Å². The van der Waals surface area contributed by atoms with Crippen LogP contribution in [0.3, 0.4) is 0 Å². The summed E-state index contributed by atoms with van der Waals surface area (Å²) in [6, 6.07) is 15.1. The lowest BCUT2D eigenvalue weighted by Gasteiger charge is -2.42. The number of halogens is 1. The largest absolute Gasteiger partial charge is 0.509 e. The Labute approximate surface area is 180 Å². The number of rotatable bonds is 6. The van der Waals surface area contributed by atoms with Crippen LogP contribution in [0.15, 0.2) is 65.6 Å². The van der Waals surface area contributed by atoms with Gasteiger partial charge in [0.2, 0.25) is 0 Å². The van der Waals surface area contributed by atoms with Crippen molar-refractivity contribution in [3.05, 3.63) is 88.1 Å². The zero-order valence-electron chi connectivity index (χ0n) is 19.0. The molecule has 3 heteroatoms. The van der Waals surface area contributed by atoms with E-state index in [0.29, 0.717) is 11.7 Å². The monoisotopic (exact) mass is 407 g/mol. The molecule has 0 saturated carbocycles. The summed E-state index contributed by atoms with van der Waals surface area (Å²) in [7, 11) is 2.09. The second-order valence-electron chi connectivity index (χ2n) is 9.07. The van der Waals surface area contributed by atoms with Crippen LogP contribution in [0.1, 0.15) is 50.8 Å². The minimum atomic E-state index is -0.263. The molecule has 0 aliphatic carbocycles. The van der Waals surface area contributed by atoms with Gasteiger partial charge in [0.1, 0.15) is 11.6 Å². The fraction of sp³-hybridized carbons (Fsp3) is 0.407. The lowest BCUT2D eigenvalue weighted by Crippen LogP contribution is -2.42. The average Bonchev–Trinajstić information content (AvgIpc) is 2.68. The van der Waals surface area contributed by atoms with Crippen LogP contribution < -0.4 is 0 Å². The zero-order valence-corrected chi connectivity index (χ0v) is 19.0. The van der Waals surface area contributed by atoms with Crippen LogP contribution in [-0.4, -0.2) is 23.1 Å². The van der Waals surface area contributed by atoms with Gasteiger partial charge in [0.25, 0.3) is 0 Å². The van der Waals surface area contributed by atoms with E-state index in [0.717, 1.165) is 29.6 Å². The van der Waals surface area contributed by atoms with E-state index in [4.69, 9.17) is 0 Å². The third kappa shape index (κ3) is 4.45. The van der Waals surface area contributed by atoms with Gasteiger partial charge in [-0.15, -0.1) is 0 Å². The highest BCUT2D eigenvalue weighted by Crippen LogP contribution is 2.42. The fourth-order valence-corrected chi connectivity index (χ4v) is 4.71. The van der Waals surface area contributed by atoms with Crippen molar-refractivity contribution in [3.8, 4) is 0 Å². The quantitative estimate of drug-likeness (QED) is 0.562. The van der Waals surface area contributed by atoms with Crippen LogP contribution in [0.4, 0.5) is 4.39 Å². The Morgan fingerprint density at radius 1 is 0.933 bits per heavy atom. The van der Waals surface area contributed by atoms with E-state index in [1.807, 2.05) is 0 Å². The Kier molecular flexibility index (Phi) is 6.70. The minimum Gasteiger partial charge on any atom is -0.509 e. The molecule has 1 atom stereocenters. The summed E-state index contributed by atoms with van der Waals surface area (Å²) in [6.07, 6.45) is 1.71. The molecule has 30 heavy (non-hydrogen) atoms. The summed E-state index contributed by atoms with van der Waals surface area (Å²) in [4.78, 5) is 2.25. The second kappa shape index (κ2) is 9.07. The van der Waals surface area contributed by atoms with Crippen molar-refractivity contribution in [2.24, 2.45) is 11.8 Å². The highest BCUT2D eigenvalue weighted by Gasteiger charge is 2.36. The maximum Gasteiger partial charge on any atom is 0.123 e. The fourth-order valence-electron chi connectivity index (χ4n) is 4.71. The molecule has 3 rings (SSSR count). The normalized spacial score (nSPS) is 17.5. The van der Waals surface area contributed by atoms with Gasteiger partial charge in [-0.25, -0.2) is 4.39 Å². The van der Waals surface area contributed by atoms with Crippen molar-refractivity contribution < 1.29 is 9.50 Å². The van der Waals surface area contributed by atoms with Gasteiger partial charge in [0.05, 0.1) is 6.04 Å².